The summed E-state index contributed by atoms with van der Waals surface area (Å²) in [4.78, 5) is 0. The van der Waals surface area contributed by atoms with E-state index in [1.54, 1.807) is 0 Å². The van der Waals surface area contributed by atoms with Gasteiger partial charge in [0.1, 0.15) is 0 Å². The fourth-order valence-electron chi connectivity index (χ4n) is 3.03. The van der Waals surface area contributed by atoms with Gasteiger partial charge in [0, 0.05) is 5.25 Å². The Bertz CT molecular complexity index is 396. The molecule has 1 heterocycles. The Morgan fingerprint density at radius 2 is 2.12 bits per heavy atom. The van der Waals surface area contributed by atoms with Crippen molar-refractivity contribution < 1.29 is 5.11 Å². The first-order chi connectivity index (χ1) is 8.33. The Morgan fingerprint density at radius 1 is 1.24 bits per heavy atom. The van der Waals surface area contributed by atoms with Crippen LogP contribution in [-0.4, -0.2) is 22.2 Å². The van der Waals surface area contributed by atoms with Crippen LogP contribution >= 0.6 is 11.8 Å². The lowest BCUT2D eigenvalue weighted by molar-refractivity contribution is 0.170. The molecule has 2 heteroatoms. The fraction of sp³-hybridized carbons (Fsp3) is 0.600. The molecule has 0 amide bonds. The Kier molecular flexibility index (Phi) is 3.44. The highest BCUT2D eigenvalue weighted by atomic mass is 32.2. The largest absolute Gasteiger partial charge is 0.392 e. The molecule has 92 valence electrons. The summed E-state index contributed by atoms with van der Waals surface area (Å²) in [6.45, 7) is 0. The molecule has 1 N–H and O–H groups in total. The second kappa shape index (κ2) is 5.03. The average Bonchev–Trinajstić information content (AvgIpc) is 2.99. The van der Waals surface area contributed by atoms with E-state index in [9.17, 15) is 5.11 Å². The van der Waals surface area contributed by atoms with Crippen LogP contribution in [0.1, 0.15) is 36.0 Å². The van der Waals surface area contributed by atoms with E-state index in [2.05, 4.69) is 18.2 Å². The van der Waals surface area contributed by atoms with E-state index < -0.39 is 0 Å². The fourth-order valence-corrected chi connectivity index (χ4v) is 4.32. The number of aryl methyl sites for hydroxylation is 2. The number of hydrogen-bond acceptors (Lipinski definition) is 2. The molecule has 2 unspecified atom stereocenters. The summed E-state index contributed by atoms with van der Waals surface area (Å²) >= 11 is 1.95. The van der Waals surface area contributed by atoms with Crippen LogP contribution in [0.4, 0.5) is 0 Å². The second-order valence-electron chi connectivity index (χ2n) is 5.28. The first-order valence-electron chi connectivity index (χ1n) is 6.73. The topological polar surface area (TPSA) is 20.2 Å². The molecule has 0 bridgehead atoms. The van der Waals surface area contributed by atoms with Crippen molar-refractivity contribution in [3.63, 3.8) is 0 Å². The van der Waals surface area contributed by atoms with Crippen molar-refractivity contribution in [2.75, 3.05) is 5.75 Å². The molecule has 1 nitrogen and oxygen atoms in total. The summed E-state index contributed by atoms with van der Waals surface area (Å²) in [7, 11) is 0. The molecule has 17 heavy (non-hydrogen) atoms. The van der Waals surface area contributed by atoms with Gasteiger partial charge in [0.2, 0.25) is 0 Å². The van der Waals surface area contributed by atoms with Crippen molar-refractivity contribution in [2.45, 2.75) is 49.9 Å². The van der Waals surface area contributed by atoms with Crippen LogP contribution in [0.3, 0.4) is 0 Å². The number of benzene rings is 1. The first-order valence-corrected chi connectivity index (χ1v) is 7.78. The standard InChI is InChI=1S/C15H20OS/c16-14(15-5-2-8-17-15)10-11-6-7-12-3-1-4-13(12)9-11/h6-7,9,14-16H,1-5,8,10H2. The predicted octanol–water partition coefficient (Wildman–Crippen LogP) is 2.97. The van der Waals surface area contributed by atoms with Gasteiger partial charge >= 0.3 is 0 Å². The SMILES string of the molecule is OC(Cc1ccc2c(c1)CCC2)C1CCCS1. The summed E-state index contributed by atoms with van der Waals surface area (Å²) in [6.07, 6.45) is 6.94. The Balaban J connectivity index is 1.68. The molecule has 1 aliphatic carbocycles. The predicted molar refractivity (Wildman–Crippen MR) is 73.7 cm³/mol. The lowest BCUT2D eigenvalue weighted by Gasteiger charge is -2.17. The zero-order valence-electron chi connectivity index (χ0n) is 10.2. The highest BCUT2D eigenvalue weighted by Gasteiger charge is 2.24. The molecule has 1 saturated heterocycles. The third-order valence-electron chi connectivity index (χ3n) is 4.00. The maximum Gasteiger partial charge on any atom is 0.0699 e. The first kappa shape index (κ1) is 11.6. The molecule has 2 atom stereocenters. The van der Waals surface area contributed by atoms with E-state index in [-0.39, 0.29) is 6.10 Å². The number of thioether (sulfide) groups is 1. The normalized spacial score (nSPS) is 24.9. The molecule has 1 aromatic carbocycles. The Labute approximate surface area is 108 Å². The van der Waals surface area contributed by atoms with Crippen LogP contribution in [0.5, 0.6) is 0 Å². The minimum atomic E-state index is -0.151. The lowest BCUT2D eigenvalue weighted by atomic mass is 9.99. The van der Waals surface area contributed by atoms with Crippen LogP contribution in [-0.2, 0) is 19.3 Å². The van der Waals surface area contributed by atoms with E-state index in [0.717, 1.165) is 6.42 Å². The highest BCUT2D eigenvalue weighted by molar-refractivity contribution is 8.00. The average molecular weight is 248 g/mol. The Hall–Kier alpha value is -0.470. The number of hydrogen-bond donors (Lipinski definition) is 1. The zero-order valence-corrected chi connectivity index (χ0v) is 11.0. The van der Waals surface area contributed by atoms with Crippen LogP contribution in [0.25, 0.3) is 0 Å². The van der Waals surface area contributed by atoms with Crippen LogP contribution < -0.4 is 0 Å². The van der Waals surface area contributed by atoms with Gasteiger partial charge in [-0.25, -0.2) is 0 Å². The van der Waals surface area contributed by atoms with Crippen molar-refractivity contribution in [1.82, 2.24) is 0 Å². The third kappa shape index (κ3) is 2.53. The molecular formula is C15H20OS. The summed E-state index contributed by atoms with van der Waals surface area (Å²) in [6, 6.07) is 6.81. The molecule has 0 saturated carbocycles. The van der Waals surface area contributed by atoms with Crippen LogP contribution in [0.15, 0.2) is 18.2 Å². The lowest BCUT2D eigenvalue weighted by Crippen LogP contribution is -2.23. The van der Waals surface area contributed by atoms with E-state index in [4.69, 9.17) is 0 Å². The van der Waals surface area contributed by atoms with E-state index in [0.29, 0.717) is 5.25 Å². The van der Waals surface area contributed by atoms with E-state index in [1.165, 1.54) is 54.5 Å². The van der Waals surface area contributed by atoms with Gasteiger partial charge in [-0.15, -0.1) is 0 Å². The third-order valence-corrected chi connectivity index (χ3v) is 5.50. The van der Waals surface area contributed by atoms with E-state index >= 15 is 0 Å². The summed E-state index contributed by atoms with van der Waals surface area (Å²) < 4.78 is 0. The van der Waals surface area contributed by atoms with Gasteiger partial charge in [0.05, 0.1) is 6.10 Å². The van der Waals surface area contributed by atoms with Gasteiger partial charge in [0.25, 0.3) is 0 Å². The van der Waals surface area contributed by atoms with Crippen molar-refractivity contribution in [1.29, 1.82) is 0 Å². The zero-order chi connectivity index (χ0) is 11.7. The second-order valence-corrected chi connectivity index (χ2v) is 6.63. The number of aliphatic hydroxyl groups is 1. The summed E-state index contributed by atoms with van der Waals surface area (Å²) in [5.41, 5.74) is 4.37. The van der Waals surface area contributed by atoms with Crippen molar-refractivity contribution in [3.8, 4) is 0 Å². The maximum absolute atomic E-state index is 10.2. The van der Waals surface area contributed by atoms with Crippen LogP contribution in [0, 0.1) is 0 Å². The van der Waals surface area contributed by atoms with Gasteiger partial charge in [-0.3, -0.25) is 0 Å². The van der Waals surface area contributed by atoms with Crippen LogP contribution in [0.2, 0.25) is 0 Å². The minimum absolute atomic E-state index is 0.151. The van der Waals surface area contributed by atoms with Crippen molar-refractivity contribution in [3.05, 3.63) is 34.9 Å². The molecule has 1 fully saturated rings. The molecule has 0 aromatic heterocycles. The van der Waals surface area contributed by atoms with Gasteiger partial charge in [-0.05, 0) is 61.0 Å². The molecule has 3 rings (SSSR count). The minimum Gasteiger partial charge on any atom is -0.392 e. The van der Waals surface area contributed by atoms with Crippen molar-refractivity contribution >= 4 is 11.8 Å². The van der Waals surface area contributed by atoms with Gasteiger partial charge in [-0.2, -0.15) is 11.8 Å². The molecule has 1 aromatic rings. The highest BCUT2D eigenvalue weighted by Crippen LogP contribution is 2.30. The summed E-state index contributed by atoms with van der Waals surface area (Å²) in [5, 5.41) is 10.7. The molecule has 2 aliphatic rings. The maximum atomic E-state index is 10.2. The summed E-state index contributed by atoms with van der Waals surface area (Å²) in [5.74, 6) is 1.23. The smallest absolute Gasteiger partial charge is 0.0699 e. The number of aliphatic hydroxyl groups excluding tert-OH is 1. The molecular weight excluding hydrogens is 228 g/mol. The molecule has 1 aliphatic heterocycles. The number of rotatable bonds is 3. The molecule has 0 radical (unpaired) electrons. The van der Waals surface area contributed by atoms with Crippen molar-refractivity contribution in [2.24, 2.45) is 0 Å². The quantitative estimate of drug-likeness (QED) is 0.887. The number of fused-ring (bicyclic) bond motifs is 1. The molecule has 0 spiro atoms. The van der Waals surface area contributed by atoms with Gasteiger partial charge < -0.3 is 5.11 Å². The van der Waals surface area contributed by atoms with Gasteiger partial charge in [-0.1, -0.05) is 18.2 Å². The van der Waals surface area contributed by atoms with E-state index in [1.807, 2.05) is 11.8 Å². The van der Waals surface area contributed by atoms with Gasteiger partial charge in [0.15, 0.2) is 0 Å². The Morgan fingerprint density at radius 3 is 2.94 bits per heavy atom. The monoisotopic (exact) mass is 248 g/mol.